The summed E-state index contributed by atoms with van der Waals surface area (Å²) in [6.07, 6.45) is 1.52. The molecule has 0 spiro atoms. The molecule has 0 N–H and O–H groups in total. The zero-order valence-electron chi connectivity index (χ0n) is 16.8. The second kappa shape index (κ2) is 7.09. The first-order valence-electron chi connectivity index (χ1n) is 10.2. The molecule has 32 heavy (non-hydrogen) atoms. The summed E-state index contributed by atoms with van der Waals surface area (Å²) < 4.78 is 17.3. The molecule has 0 aliphatic rings. The molecule has 0 saturated carbocycles. The minimum Gasteiger partial charge on any atom is -0.294 e. The molecule has 6 aromatic rings. The van der Waals surface area contributed by atoms with E-state index in [0.717, 1.165) is 5.56 Å². The monoisotopic (exact) mass is 421 g/mol. The number of rotatable bonds is 3. The number of aromatic nitrogens is 5. The van der Waals surface area contributed by atoms with Gasteiger partial charge >= 0.3 is 0 Å². The second-order valence-electron chi connectivity index (χ2n) is 7.56. The van der Waals surface area contributed by atoms with E-state index in [1.807, 2.05) is 54.6 Å². The van der Waals surface area contributed by atoms with Crippen molar-refractivity contribution in [2.75, 3.05) is 0 Å². The summed E-state index contributed by atoms with van der Waals surface area (Å²) in [6.45, 7) is 0.385. The fourth-order valence-electron chi connectivity index (χ4n) is 4.02. The molecule has 6 rings (SSSR count). The molecule has 0 unspecified atom stereocenters. The van der Waals surface area contributed by atoms with Crippen molar-refractivity contribution in [2.24, 2.45) is 0 Å². The quantitative estimate of drug-likeness (QED) is 0.423. The predicted octanol–water partition coefficient (Wildman–Crippen LogP) is 4.47. The Morgan fingerprint density at radius 1 is 0.812 bits per heavy atom. The molecule has 0 bridgehead atoms. The molecule has 7 heteroatoms. The Balaban J connectivity index is 1.71. The Morgan fingerprint density at radius 2 is 1.56 bits per heavy atom. The average molecular weight is 421 g/mol. The Labute approximate surface area is 181 Å². The van der Waals surface area contributed by atoms with Crippen molar-refractivity contribution in [2.45, 2.75) is 6.54 Å². The third-order valence-corrected chi connectivity index (χ3v) is 5.49. The van der Waals surface area contributed by atoms with Crippen molar-refractivity contribution in [3.63, 3.8) is 0 Å². The fraction of sp³-hybridized carbons (Fsp3) is 0.0400. The zero-order valence-corrected chi connectivity index (χ0v) is 16.8. The van der Waals surface area contributed by atoms with Gasteiger partial charge in [-0.2, -0.15) is 0 Å². The van der Waals surface area contributed by atoms with E-state index in [-0.39, 0.29) is 11.4 Å². The van der Waals surface area contributed by atoms with Gasteiger partial charge in [0.1, 0.15) is 23.0 Å². The van der Waals surface area contributed by atoms with Crippen molar-refractivity contribution < 1.29 is 4.39 Å². The van der Waals surface area contributed by atoms with Crippen LogP contribution in [-0.4, -0.2) is 24.1 Å². The van der Waals surface area contributed by atoms with Gasteiger partial charge in [0, 0.05) is 0 Å². The molecule has 0 fully saturated rings. The van der Waals surface area contributed by atoms with Gasteiger partial charge in [-0.05, 0) is 35.9 Å². The van der Waals surface area contributed by atoms with Crippen molar-refractivity contribution in [1.29, 1.82) is 0 Å². The Bertz CT molecular complexity index is 1690. The SMILES string of the molecule is O=c1c2c3nc4ccccc4nc3n(-c3cccc(F)c3)c2ncn1Cc1ccccc1. The number of nitrogens with zero attached hydrogens (tertiary/aromatic N) is 5. The van der Waals surface area contributed by atoms with E-state index in [2.05, 4.69) is 4.98 Å². The number of benzene rings is 3. The van der Waals surface area contributed by atoms with Crippen LogP contribution in [0.4, 0.5) is 4.39 Å². The van der Waals surface area contributed by atoms with Gasteiger partial charge in [0.15, 0.2) is 11.3 Å². The predicted molar refractivity (Wildman–Crippen MR) is 121 cm³/mol. The summed E-state index contributed by atoms with van der Waals surface area (Å²) >= 11 is 0. The van der Waals surface area contributed by atoms with Gasteiger partial charge in [-0.3, -0.25) is 13.9 Å². The average Bonchev–Trinajstić information content (AvgIpc) is 3.14. The standard InChI is InChI=1S/C25H16FN5O/c26-17-9-6-10-18(13-17)31-23-21(22-24(31)29-20-12-5-4-11-19(20)28-22)25(32)30(15-27-23)14-16-7-2-1-3-8-16/h1-13,15H,14H2. The van der Waals surface area contributed by atoms with Gasteiger partial charge in [-0.25, -0.2) is 19.3 Å². The van der Waals surface area contributed by atoms with Crippen LogP contribution in [0.3, 0.4) is 0 Å². The Hall–Kier alpha value is -4.39. The van der Waals surface area contributed by atoms with Gasteiger partial charge in [0.05, 0.1) is 23.3 Å². The number of fused-ring (bicyclic) bond motifs is 4. The maximum atomic E-state index is 14.1. The summed E-state index contributed by atoms with van der Waals surface area (Å²) in [7, 11) is 0. The number of halogens is 1. The van der Waals surface area contributed by atoms with E-state index in [0.29, 0.717) is 45.5 Å². The lowest BCUT2D eigenvalue weighted by Crippen LogP contribution is -2.21. The first-order chi connectivity index (χ1) is 15.7. The lowest BCUT2D eigenvalue weighted by Gasteiger charge is -2.08. The van der Waals surface area contributed by atoms with Crippen LogP contribution >= 0.6 is 0 Å². The van der Waals surface area contributed by atoms with Gasteiger partial charge in [0.2, 0.25) is 0 Å². The highest BCUT2D eigenvalue weighted by Gasteiger charge is 2.21. The van der Waals surface area contributed by atoms with Crippen LogP contribution in [-0.2, 0) is 6.54 Å². The minimum atomic E-state index is -0.385. The Morgan fingerprint density at radius 3 is 2.34 bits per heavy atom. The summed E-state index contributed by atoms with van der Waals surface area (Å²) in [4.78, 5) is 27.7. The summed E-state index contributed by atoms with van der Waals surface area (Å²) in [6, 6.07) is 23.3. The molecule has 0 radical (unpaired) electrons. The molecule has 0 saturated heterocycles. The first kappa shape index (κ1) is 18.4. The second-order valence-corrected chi connectivity index (χ2v) is 7.56. The van der Waals surface area contributed by atoms with Crippen LogP contribution in [0.15, 0.2) is 90.0 Å². The van der Waals surface area contributed by atoms with E-state index >= 15 is 0 Å². The van der Waals surface area contributed by atoms with Crippen LogP contribution in [0.5, 0.6) is 0 Å². The van der Waals surface area contributed by atoms with Crippen LogP contribution < -0.4 is 5.56 Å². The molecule has 0 aliphatic carbocycles. The van der Waals surface area contributed by atoms with E-state index in [9.17, 15) is 9.18 Å². The molecular formula is C25H16FN5O. The van der Waals surface area contributed by atoms with Crippen molar-refractivity contribution in [1.82, 2.24) is 24.1 Å². The molecule has 3 heterocycles. The van der Waals surface area contributed by atoms with E-state index < -0.39 is 0 Å². The zero-order chi connectivity index (χ0) is 21.7. The van der Waals surface area contributed by atoms with Gasteiger partial charge < -0.3 is 0 Å². The van der Waals surface area contributed by atoms with E-state index in [1.54, 1.807) is 21.3 Å². The van der Waals surface area contributed by atoms with Crippen molar-refractivity contribution in [3.05, 3.63) is 107 Å². The van der Waals surface area contributed by atoms with Crippen LogP contribution in [0, 0.1) is 5.82 Å². The molecule has 3 aromatic heterocycles. The molecule has 0 amide bonds. The molecular weight excluding hydrogens is 405 g/mol. The van der Waals surface area contributed by atoms with Crippen molar-refractivity contribution >= 4 is 33.2 Å². The summed E-state index contributed by atoms with van der Waals surface area (Å²) in [5, 5.41) is 0.362. The van der Waals surface area contributed by atoms with E-state index in [1.165, 1.54) is 18.5 Å². The minimum absolute atomic E-state index is 0.219. The first-order valence-corrected chi connectivity index (χ1v) is 10.2. The maximum Gasteiger partial charge on any atom is 0.265 e. The normalized spacial score (nSPS) is 11.5. The fourth-order valence-corrected chi connectivity index (χ4v) is 4.02. The van der Waals surface area contributed by atoms with Gasteiger partial charge in [0.25, 0.3) is 5.56 Å². The number of para-hydroxylation sites is 2. The highest BCUT2D eigenvalue weighted by Crippen LogP contribution is 2.28. The van der Waals surface area contributed by atoms with Gasteiger partial charge in [-0.1, -0.05) is 48.5 Å². The molecule has 6 nitrogen and oxygen atoms in total. The lowest BCUT2D eigenvalue weighted by molar-refractivity contribution is 0.627. The Kier molecular flexibility index (Phi) is 4.07. The van der Waals surface area contributed by atoms with Crippen LogP contribution in [0.1, 0.15) is 5.56 Å². The smallest absolute Gasteiger partial charge is 0.265 e. The highest BCUT2D eigenvalue weighted by atomic mass is 19.1. The van der Waals surface area contributed by atoms with Crippen molar-refractivity contribution in [3.8, 4) is 5.69 Å². The summed E-state index contributed by atoms with van der Waals surface area (Å²) in [5.41, 5.74) is 3.97. The van der Waals surface area contributed by atoms with Gasteiger partial charge in [-0.15, -0.1) is 0 Å². The third-order valence-electron chi connectivity index (χ3n) is 5.49. The maximum absolute atomic E-state index is 14.1. The topological polar surface area (TPSA) is 65.6 Å². The largest absolute Gasteiger partial charge is 0.294 e. The molecule has 0 atom stereocenters. The van der Waals surface area contributed by atoms with Crippen LogP contribution in [0.25, 0.3) is 38.9 Å². The number of hydrogen-bond acceptors (Lipinski definition) is 4. The summed E-state index contributed by atoms with van der Waals surface area (Å²) in [5.74, 6) is -0.385. The lowest BCUT2D eigenvalue weighted by atomic mass is 10.2. The number of hydrogen-bond donors (Lipinski definition) is 0. The van der Waals surface area contributed by atoms with E-state index in [4.69, 9.17) is 9.97 Å². The highest BCUT2D eigenvalue weighted by molar-refractivity contribution is 6.05. The molecule has 154 valence electrons. The van der Waals surface area contributed by atoms with Crippen LogP contribution in [0.2, 0.25) is 0 Å². The third kappa shape index (κ3) is 2.86. The molecule has 0 aliphatic heterocycles. The molecule has 3 aromatic carbocycles.